The van der Waals surface area contributed by atoms with Gasteiger partial charge in [0.05, 0.1) is 7.11 Å². The van der Waals surface area contributed by atoms with Gasteiger partial charge in [0, 0.05) is 45.8 Å². The largest absolute Gasteiger partial charge is 0.497 e. The summed E-state index contributed by atoms with van der Waals surface area (Å²) in [6, 6.07) is 9.72. The Labute approximate surface area is 153 Å². The van der Waals surface area contributed by atoms with Gasteiger partial charge in [-0.05, 0) is 24.1 Å². The number of rotatable bonds is 6. The third-order valence-electron chi connectivity index (χ3n) is 4.30. The van der Waals surface area contributed by atoms with Gasteiger partial charge >= 0.3 is 0 Å². The van der Waals surface area contributed by atoms with E-state index in [1.54, 1.807) is 16.9 Å². The normalized spacial score (nSPS) is 14.6. The van der Waals surface area contributed by atoms with E-state index in [0.29, 0.717) is 32.7 Å². The lowest BCUT2D eigenvalue weighted by molar-refractivity contribution is -0.136. The number of ether oxygens (including phenoxy) is 1. The first-order valence-corrected chi connectivity index (χ1v) is 8.56. The maximum atomic E-state index is 12.4. The highest BCUT2D eigenvalue weighted by atomic mass is 16.5. The number of hydrogen-bond donors (Lipinski definition) is 1. The molecule has 0 radical (unpaired) electrons. The standard InChI is InChI=1S/C19H24N4O3/c1-15(24)22-8-10-23(11-9-22)19(25)17(13-20)14-21-7-6-16-4-3-5-18(12-16)26-2/h3-5,12,14,21H,6-11H2,1-2H3/b17-14-. The molecule has 2 rings (SSSR count). The molecule has 0 aromatic heterocycles. The van der Waals surface area contributed by atoms with Crippen molar-refractivity contribution in [2.45, 2.75) is 13.3 Å². The van der Waals surface area contributed by atoms with Crippen LogP contribution in [0.4, 0.5) is 0 Å². The minimum Gasteiger partial charge on any atom is -0.497 e. The van der Waals surface area contributed by atoms with Gasteiger partial charge in [-0.15, -0.1) is 0 Å². The zero-order chi connectivity index (χ0) is 18.9. The zero-order valence-electron chi connectivity index (χ0n) is 15.2. The van der Waals surface area contributed by atoms with Gasteiger partial charge in [0.1, 0.15) is 17.4 Å². The number of benzene rings is 1. The van der Waals surface area contributed by atoms with Gasteiger partial charge in [0.25, 0.3) is 5.91 Å². The van der Waals surface area contributed by atoms with Crippen molar-refractivity contribution < 1.29 is 14.3 Å². The van der Waals surface area contributed by atoms with E-state index in [2.05, 4.69) is 5.32 Å². The van der Waals surface area contributed by atoms with Crippen molar-refractivity contribution in [1.29, 1.82) is 5.26 Å². The van der Waals surface area contributed by atoms with Crippen molar-refractivity contribution in [3.05, 3.63) is 41.6 Å². The van der Waals surface area contributed by atoms with E-state index in [0.717, 1.165) is 17.7 Å². The quantitative estimate of drug-likeness (QED) is 0.465. The van der Waals surface area contributed by atoms with Crippen LogP contribution in [0.25, 0.3) is 0 Å². The second-order valence-electron chi connectivity index (χ2n) is 6.02. The minimum absolute atomic E-state index is 0.00681. The molecule has 1 aromatic rings. The molecule has 1 aliphatic heterocycles. The van der Waals surface area contributed by atoms with Gasteiger partial charge in [-0.1, -0.05) is 12.1 Å². The van der Waals surface area contributed by atoms with E-state index in [9.17, 15) is 14.9 Å². The van der Waals surface area contributed by atoms with E-state index in [4.69, 9.17) is 4.74 Å². The van der Waals surface area contributed by atoms with E-state index < -0.39 is 0 Å². The molecule has 1 aromatic carbocycles. The molecule has 0 unspecified atom stereocenters. The Morgan fingerprint density at radius 1 is 1.27 bits per heavy atom. The Bertz CT molecular complexity index is 716. The van der Waals surface area contributed by atoms with E-state index in [1.807, 2.05) is 30.3 Å². The Morgan fingerprint density at radius 3 is 2.58 bits per heavy atom. The molecular formula is C19H24N4O3. The number of nitriles is 1. The molecule has 138 valence electrons. The lowest BCUT2D eigenvalue weighted by atomic mass is 10.1. The van der Waals surface area contributed by atoms with Crippen LogP contribution in [0.5, 0.6) is 5.75 Å². The van der Waals surface area contributed by atoms with Crippen molar-refractivity contribution in [2.24, 2.45) is 0 Å². The first-order chi connectivity index (χ1) is 12.5. The summed E-state index contributed by atoms with van der Waals surface area (Å²) in [5, 5.41) is 12.3. The van der Waals surface area contributed by atoms with Crippen LogP contribution < -0.4 is 10.1 Å². The van der Waals surface area contributed by atoms with Gasteiger partial charge < -0.3 is 19.9 Å². The molecule has 1 saturated heterocycles. The zero-order valence-corrected chi connectivity index (χ0v) is 15.2. The summed E-state index contributed by atoms with van der Waals surface area (Å²) in [4.78, 5) is 27.1. The van der Waals surface area contributed by atoms with Crippen LogP contribution in [-0.2, 0) is 16.0 Å². The summed E-state index contributed by atoms with van der Waals surface area (Å²) in [5.41, 5.74) is 1.18. The lowest BCUT2D eigenvalue weighted by Crippen LogP contribution is -2.50. The molecule has 0 atom stereocenters. The highest BCUT2D eigenvalue weighted by molar-refractivity contribution is 5.97. The summed E-state index contributed by atoms with van der Waals surface area (Å²) in [5.74, 6) is 0.507. The van der Waals surface area contributed by atoms with Crippen LogP contribution in [0.3, 0.4) is 0 Å². The number of nitrogens with zero attached hydrogens (tertiary/aromatic N) is 3. The molecule has 1 fully saturated rings. The van der Waals surface area contributed by atoms with Crippen LogP contribution in [0, 0.1) is 11.3 Å². The van der Waals surface area contributed by atoms with Crippen LogP contribution in [0.1, 0.15) is 12.5 Å². The maximum absolute atomic E-state index is 12.4. The third-order valence-corrected chi connectivity index (χ3v) is 4.30. The fourth-order valence-corrected chi connectivity index (χ4v) is 2.76. The van der Waals surface area contributed by atoms with Crippen molar-refractivity contribution in [3.8, 4) is 11.8 Å². The molecular weight excluding hydrogens is 332 g/mol. The van der Waals surface area contributed by atoms with Gasteiger partial charge in [0.2, 0.25) is 5.91 Å². The van der Waals surface area contributed by atoms with Gasteiger partial charge in [-0.25, -0.2) is 0 Å². The average molecular weight is 356 g/mol. The summed E-state index contributed by atoms with van der Waals surface area (Å²) < 4.78 is 5.19. The van der Waals surface area contributed by atoms with Crippen LogP contribution in [-0.4, -0.2) is 61.4 Å². The summed E-state index contributed by atoms with van der Waals surface area (Å²) >= 11 is 0. The fraction of sp³-hybridized carbons (Fsp3) is 0.421. The highest BCUT2D eigenvalue weighted by Gasteiger charge is 2.24. The molecule has 7 nitrogen and oxygen atoms in total. The second-order valence-corrected chi connectivity index (χ2v) is 6.02. The number of carbonyl (C=O) groups excluding carboxylic acids is 2. The summed E-state index contributed by atoms with van der Waals surface area (Å²) in [6.07, 6.45) is 2.22. The molecule has 0 saturated carbocycles. The SMILES string of the molecule is COc1cccc(CCN/C=C(/C#N)C(=O)N2CCN(C(C)=O)CC2)c1. The fourth-order valence-electron chi connectivity index (χ4n) is 2.76. The van der Waals surface area contributed by atoms with E-state index >= 15 is 0 Å². The van der Waals surface area contributed by atoms with Crippen LogP contribution >= 0.6 is 0 Å². The first kappa shape index (κ1) is 19.3. The van der Waals surface area contributed by atoms with Gasteiger partial charge in [0.15, 0.2) is 0 Å². The predicted octanol–water partition coefficient (Wildman–Crippen LogP) is 0.925. The van der Waals surface area contributed by atoms with Crippen LogP contribution in [0.15, 0.2) is 36.0 Å². The summed E-state index contributed by atoms with van der Waals surface area (Å²) in [7, 11) is 1.63. The Morgan fingerprint density at radius 2 is 1.96 bits per heavy atom. The number of carbonyl (C=O) groups is 2. The molecule has 1 aliphatic rings. The molecule has 0 aliphatic carbocycles. The third kappa shape index (κ3) is 5.24. The van der Waals surface area contributed by atoms with Crippen LogP contribution in [0.2, 0.25) is 0 Å². The monoisotopic (exact) mass is 356 g/mol. The number of nitrogens with one attached hydrogen (secondary N) is 1. The van der Waals surface area contributed by atoms with Crippen molar-refractivity contribution in [2.75, 3.05) is 39.8 Å². The van der Waals surface area contributed by atoms with Crippen molar-refractivity contribution in [3.63, 3.8) is 0 Å². The average Bonchev–Trinajstić information content (AvgIpc) is 2.68. The molecule has 0 spiro atoms. The second kappa shape index (κ2) is 9.47. The van der Waals surface area contributed by atoms with Gasteiger partial charge in [-0.3, -0.25) is 9.59 Å². The Balaban J connectivity index is 1.84. The number of piperazine rings is 1. The molecule has 1 N–H and O–H groups in total. The maximum Gasteiger partial charge on any atom is 0.266 e. The van der Waals surface area contributed by atoms with E-state index in [-0.39, 0.29) is 17.4 Å². The first-order valence-electron chi connectivity index (χ1n) is 8.56. The number of hydrogen-bond acceptors (Lipinski definition) is 5. The predicted molar refractivity (Wildman–Crippen MR) is 97.2 cm³/mol. The van der Waals surface area contributed by atoms with Crippen molar-refractivity contribution in [1.82, 2.24) is 15.1 Å². The number of methoxy groups -OCH3 is 1. The smallest absolute Gasteiger partial charge is 0.266 e. The highest BCUT2D eigenvalue weighted by Crippen LogP contribution is 2.12. The molecule has 7 heteroatoms. The van der Waals surface area contributed by atoms with Gasteiger partial charge in [-0.2, -0.15) is 5.26 Å². The molecule has 2 amide bonds. The lowest BCUT2D eigenvalue weighted by Gasteiger charge is -2.34. The molecule has 0 bridgehead atoms. The Kier molecular flexibility index (Phi) is 7.03. The summed E-state index contributed by atoms with van der Waals surface area (Å²) in [6.45, 7) is 4.02. The topological polar surface area (TPSA) is 85.7 Å². The Hall–Kier alpha value is -3.01. The molecule has 26 heavy (non-hydrogen) atoms. The van der Waals surface area contributed by atoms with E-state index in [1.165, 1.54) is 13.1 Å². The van der Waals surface area contributed by atoms with Crippen molar-refractivity contribution >= 4 is 11.8 Å². The number of amides is 2. The minimum atomic E-state index is -0.301. The molecule has 1 heterocycles.